The van der Waals surface area contributed by atoms with E-state index >= 15 is 0 Å². The molecule has 1 N–H and O–H groups in total. The Morgan fingerprint density at radius 2 is 1.50 bits per heavy atom. The minimum Gasteiger partial charge on any atom is -0.375 e. The Kier molecular flexibility index (Phi) is 7.37. The van der Waals surface area contributed by atoms with Crippen LogP contribution in [0.1, 0.15) is 84.5 Å². The molecule has 1 saturated heterocycles. The molecule has 3 unspecified atom stereocenters. The Morgan fingerprint density at radius 1 is 0.900 bits per heavy atom. The van der Waals surface area contributed by atoms with Crippen LogP contribution in [0.25, 0.3) is 0 Å². The molecule has 2 aliphatic rings. The minimum absolute atomic E-state index is 0.484. The van der Waals surface area contributed by atoms with Crippen LogP contribution in [-0.4, -0.2) is 24.8 Å². The van der Waals surface area contributed by atoms with Crippen LogP contribution in [0, 0.1) is 5.92 Å². The zero-order valence-electron chi connectivity index (χ0n) is 13.7. The van der Waals surface area contributed by atoms with E-state index in [4.69, 9.17) is 4.74 Å². The first-order valence-electron chi connectivity index (χ1n) is 9.13. The number of fused-ring (bicyclic) bond motifs is 1. The van der Waals surface area contributed by atoms with Crippen molar-refractivity contribution in [1.29, 1.82) is 0 Å². The van der Waals surface area contributed by atoms with Crippen LogP contribution in [0.15, 0.2) is 0 Å². The van der Waals surface area contributed by atoms with E-state index in [1.807, 2.05) is 0 Å². The fourth-order valence-corrected chi connectivity index (χ4v) is 3.84. The van der Waals surface area contributed by atoms with Gasteiger partial charge in [0.25, 0.3) is 0 Å². The normalized spacial score (nSPS) is 34.0. The summed E-state index contributed by atoms with van der Waals surface area (Å²) in [5.41, 5.74) is 0. The molecule has 0 aromatic carbocycles. The summed E-state index contributed by atoms with van der Waals surface area (Å²) < 4.78 is 6.24. The van der Waals surface area contributed by atoms with Gasteiger partial charge in [-0.2, -0.15) is 0 Å². The van der Waals surface area contributed by atoms with Crippen molar-refractivity contribution in [1.82, 2.24) is 5.32 Å². The molecule has 1 saturated carbocycles. The van der Waals surface area contributed by atoms with Gasteiger partial charge in [0.15, 0.2) is 0 Å². The fourth-order valence-electron chi connectivity index (χ4n) is 3.84. The molecule has 0 aromatic rings. The molecular weight excluding hydrogens is 246 g/mol. The van der Waals surface area contributed by atoms with Crippen LogP contribution in [0.2, 0.25) is 0 Å². The van der Waals surface area contributed by atoms with Crippen molar-refractivity contribution in [3.8, 4) is 0 Å². The van der Waals surface area contributed by atoms with Gasteiger partial charge in [0.1, 0.15) is 0 Å². The molecule has 0 bridgehead atoms. The third kappa shape index (κ3) is 5.73. The molecule has 20 heavy (non-hydrogen) atoms. The molecule has 0 aromatic heterocycles. The van der Waals surface area contributed by atoms with E-state index in [9.17, 15) is 0 Å². The summed E-state index contributed by atoms with van der Waals surface area (Å²) in [5.74, 6) is 0.763. The fraction of sp³-hybridized carbons (Fsp3) is 1.00. The SMILES string of the molecule is CC(C)CC1COC2CCCCCCCCCCC2N1. The number of hydrogen-bond donors (Lipinski definition) is 1. The van der Waals surface area contributed by atoms with Crippen molar-refractivity contribution < 1.29 is 4.74 Å². The monoisotopic (exact) mass is 281 g/mol. The van der Waals surface area contributed by atoms with Crippen LogP contribution in [0.5, 0.6) is 0 Å². The number of rotatable bonds is 2. The summed E-state index contributed by atoms with van der Waals surface area (Å²) in [6, 6.07) is 1.20. The van der Waals surface area contributed by atoms with E-state index in [-0.39, 0.29) is 0 Å². The van der Waals surface area contributed by atoms with Crippen LogP contribution in [0.3, 0.4) is 0 Å². The summed E-state index contributed by atoms with van der Waals surface area (Å²) in [5, 5.41) is 3.91. The van der Waals surface area contributed by atoms with Gasteiger partial charge in [0.2, 0.25) is 0 Å². The lowest BCUT2D eigenvalue weighted by Crippen LogP contribution is -2.54. The smallest absolute Gasteiger partial charge is 0.0728 e. The summed E-state index contributed by atoms with van der Waals surface area (Å²) in [6.45, 7) is 5.56. The Bertz CT molecular complexity index is 254. The topological polar surface area (TPSA) is 21.3 Å². The number of nitrogens with one attached hydrogen (secondary N) is 1. The molecular formula is C18H35NO. The Labute approximate surface area is 126 Å². The van der Waals surface area contributed by atoms with Gasteiger partial charge in [-0.3, -0.25) is 0 Å². The summed E-state index contributed by atoms with van der Waals surface area (Å²) >= 11 is 0. The average molecular weight is 281 g/mol. The second kappa shape index (κ2) is 9.04. The van der Waals surface area contributed by atoms with E-state index in [0.29, 0.717) is 18.2 Å². The molecule has 2 nitrogen and oxygen atoms in total. The van der Waals surface area contributed by atoms with Gasteiger partial charge in [-0.1, -0.05) is 65.2 Å². The average Bonchev–Trinajstić information content (AvgIpc) is 2.40. The lowest BCUT2D eigenvalue weighted by molar-refractivity contribution is -0.0390. The molecule has 1 heterocycles. The van der Waals surface area contributed by atoms with Crippen LogP contribution in [-0.2, 0) is 4.74 Å². The molecule has 1 aliphatic carbocycles. The number of hydrogen-bond acceptors (Lipinski definition) is 2. The highest BCUT2D eigenvalue weighted by molar-refractivity contribution is 4.86. The van der Waals surface area contributed by atoms with Gasteiger partial charge < -0.3 is 10.1 Å². The first-order valence-corrected chi connectivity index (χ1v) is 9.13. The number of morpholine rings is 1. The zero-order valence-corrected chi connectivity index (χ0v) is 13.7. The molecule has 0 radical (unpaired) electrons. The summed E-state index contributed by atoms with van der Waals surface area (Å²) in [4.78, 5) is 0. The molecule has 1 aliphatic heterocycles. The molecule has 3 atom stereocenters. The Hall–Kier alpha value is -0.0800. The van der Waals surface area contributed by atoms with E-state index < -0.39 is 0 Å². The van der Waals surface area contributed by atoms with Crippen LogP contribution in [0.4, 0.5) is 0 Å². The standard InChI is InChI=1S/C18H35NO/c1-15(2)13-16-14-20-18-12-10-8-6-4-3-5-7-9-11-17(18)19-16/h15-19H,3-14H2,1-2H3. The van der Waals surface area contributed by atoms with Crippen LogP contribution >= 0.6 is 0 Å². The highest BCUT2D eigenvalue weighted by Crippen LogP contribution is 2.23. The van der Waals surface area contributed by atoms with Gasteiger partial charge in [0, 0.05) is 12.1 Å². The maximum absolute atomic E-state index is 6.24. The molecule has 2 fully saturated rings. The predicted molar refractivity (Wildman–Crippen MR) is 86.1 cm³/mol. The molecule has 2 rings (SSSR count). The molecule has 0 amide bonds. The maximum Gasteiger partial charge on any atom is 0.0728 e. The lowest BCUT2D eigenvalue weighted by atomic mass is 9.92. The Morgan fingerprint density at radius 3 is 2.15 bits per heavy atom. The van der Waals surface area contributed by atoms with Crippen molar-refractivity contribution in [2.75, 3.05) is 6.61 Å². The predicted octanol–water partition coefficient (Wildman–Crippen LogP) is 4.67. The first-order chi connectivity index (χ1) is 9.75. The van der Waals surface area contributed by atoms with Crippen molar-refractivity contribution in [2.24, 2.45) is 5.92 Å². The molecule has 118 valence electrons. The lowest BCUT2D eigenvalue weighted by Gasteiger charge is -2.39. The third-order valence-electron chi connectivity index (χ3n) is 4.92. The van der Waals surface area contributed by atoms with E-state index in [2.05, 4.69) is 19.2 Å². The third-order valence-corrected chi connectivity index (χ3v) is 4.92. The molecule has 2 heteroatoms. The summed E-state index contributed by atoms with van der Waals surface area (Å²) in [7, 11) is 0. The first kappa shape index (κ1) is 16.3. The van der Waals surface area contributed by atoms with Gasteiger partial charge in [-0.15, -0.1) is 0 Å². The van der Waals surface area contributed by atoms with E-state index in [0.717, 1.165) is 12.5 Å². The quantitative estimate of drug-likeness (QED) is 0.794. The van der Waals surface area contributed by atoms with Gasteiger partial charge in [-0.05, 0) is 25.2 Å². The van der Waals surface area contributed by atoms with E-state index in [1.165, 1.54) is 70.6 Å². The Balaban J connectivity index is 1.84. The van der Waals surface area contributed by atoms with Gasteiger partial charge in [0.05, 0.1) is 12.7 Å². The van der Waals surface area contributed by atoms with Crippen molar-refractivity contribution in [3.05, 3.63) is 0 Å². The maximum atomic E-state index is 6.24. The largest absolute Gasteiger partial charge is 0.375 e. The van der Waals surface area contributed by atoms with Crippen LogP contribution < -0.4 is 5.32 Å². The van der Waals surface area contributed by atoms with Gasteiger partial charge >= 0.3 is 0 Å². The zero-order chi connectivity index (χ0) is 14.2. The minimum atomic E-state index is 0.484. The van der Waals surface area contributed by atoms with Crippen molar-refractivity contribution >= 4 is 0 Å². The van der Waals surface area contributed by atoms with Gasteiger partial charge in [-0.25, -0.2) is 0 Å². The van der Waals surface area contributed by atoms with Crippen molar-refractivity contribution in [3.63, 3.8) is 0 Å². The van der Waals surface area contributed by atoms with Crippen molar-refractivity contribution in [2.45, 2.75) is 103 Å². The highest BCUT2D eigenvalue weighted by Gasteiger charge is 2.30. The highest BCUT2D eigenvalue weighted by atomic mass is 16.5. The summed E-state index contributed by atoms with van der Waals surface area (Å²) in [6.07, 6.45) is 15.7. The number of ether oxygens (including phenoxy) is 1. The van der Waals surface area contributed by atoms with E-state index in [1.54, 1.807) is 0 Å². The molecule has 0 spiro atoms. The second-order valence-corrected chi connectivity index (χ2v) is 7.38. The second-order valence-electron chi connectivity index (χ2n) is 7.38.